The number of halogens is 3. The largest absolute Gasteiger partial charge is 0.416 e. The predicted molar refractivity (Wildman–Crippen MR) is 75.8 cm³/mol. The first kappa shape index (κ1) is 14.9. The summed E-state index contributed by atoms with van der Waals surface area (Å²) in [5, 5.41) is 3.48. The van der Waals surface area contributed by atoms with Crippen molar-refractivity contribution in [2.75, 3.05) is 13.1 Å². The Morgan fingerprint density at radius 1 is 1.29 bits per heavy atom. The summed E-state index contributed by atoms with van der Waals surface area (Å²) in [5.74, 6) is 0.718. The summed E-state index contributed by atoms with van der Waals surface area (Å²) in [6.07, 6.45) is -1.76. The summed E-state index contributed by atoms with van der Waals surface area (Å²) >= 11 is 0. The molecule has 0 aromatic heterocycles. The molecule has 0 amide bonds. The molecule has 2 unspecified atom stereocenters. The lowest BCUT2D eigenvalue weighted by Crippen LogP contribution is -2.55. The second kappa shape index (κ2) is 5.61. The SMILES string of the molecule is CC1CN(Cc2cccc(C(F)(F)F)c2)C(C2CC2)CN1. The molecule has 2 nitrogen and oxygen atoms in total. The van der Waals surface area contributed by atoms with Crippen molar-refractivity contribution in [2.24, 2.45) is 5.92 Å². The van der Waals surface area contributed by atoms with E-state index in [4.69, 9.17) is 0 Å². The molecule has 3 rings (SSSR count). The molecule has 1 aliphatic carbocycles. The molecule has 1 heterocycles. The van der Waals surface area contributed by atoms with Gasteiger partial charge in [-0.15, -0.1) is 0 Å². The van der Waals surface area contributed by atoms with Crippen LogP contribution < -0.4 is 5.32 Å². The summed E-state index contributed by atoms with van der Waals surface area (Å²) < 4.78 is 38.4. The van der Waals surface area contributed by atoms with E-state index in [9.17, 15) is 13.2 Å². The van der Waals surface area contributed by atoms with Gasteiger partial charge in [0.1, 0.15) is 0 Å². The van der Waals surface area contributed by atoms with Crippen LogP contribution in [0.1, 0.15) is 30.9 Å². The molecular formula is C16H21F3N2. The third-order valence-corrected chi connectivity index (χ3v) is 4.46. The van der Waals surface area contributed by atoms with Crippen molar-refractivity contribution >= 4 is 0 Å². The highest BCUT2D eigenvalue weighted by molar-refractivity contribution is 5.25. The van der Waals surface area contributed by atoms with Crippen molar-refractivity contribution < 1.29 is 13.2 Å². The van der Waals surface area contributed by atoms with Gasteiger partial charge in [0.05, 0.1) is 5.56 Å². The topological polar surface area (TPSA) is 15.3 Å². The van der Waals surface area contributed by atoms with Crippen LogP contribution in [-0.2, 0) is 12.7 Å². The fourth-order valence-electron chi connectivity index (χ4n) is 3.21. The molecule has 0 radical (unpaired) electrons. The van der Waals surface area contributed by atoms with Crippen LogP contribution in [0.25, 0.3) is 0 Å². The van der Waals surface area contributed by atoms with Crippen molar-refractivity contribution in [3.63, 3.8) is 0 Å². The van der Waals surface area contributed by atoms with Gasteiger partial charge in [0, 0.05) is 31.7 Å². The Balaban J connectivity index is 1.74. The summed E-state index contributed by atoms with van der Waals surface area (Å²) in [6.45, 7) is 4.58. The molecule has 1 saturated heterocycles. The second-order valence-electron chi connectivity index (χ2n) is 6.34. The minimum atomic E-state index is -4.26. The van der Waals surface area contributed by atoms with Crippen LogP contribution in [-0.4, -0.2) is 30.1 Å². The Hall–Kier alpha value is -1.07. The molecule has 2 atom stereocenters. The average Bonchev–Trinajstić information content (AvgIpc) is 3.23. The van der Waals surface area contributed by atoms with Crippen LogP contribution in [0.4, 0.5) is 13.2 Å². The molecule has 0 bridgehead atoms. The summed E-state index contributed by atoms with van der Waals surface area (Å²) in [6, 6.07) is 6.60. The summed E-state index contributed by atoms with van der Waals surface area (Å²) in [7, 11) is 0. The lowest BCUT2D eigenvalue weighted by Gasteiger charge is -2.39. The maximum absolute atomic E-state index is 12.8. The Morgan fingerprint density at radius 3 is 2.71 bits per heavy atom. The quantitative estimate of drug-likeness (QED) is 0.921. The number of alkyl halides is 3. The predicted octanol–water partition coefficient (Wildman–Crippen LogP) is 3.28. The number of nitrogens with one attached hydrogen (secondary N) is 1. The van der Waals surface area contributed by atoms with E-state index in [1.165, 1.54) is 25.0 Å². The van der Waals surface area contributed by atoms with Gasteiger partial charge in [-0.1, -0.05) is 18.2 Å². The number of hydrogen-bond donors (Lipinski definition) is 1. The van der Waals surface area contributed by atoms with E-state index in [0.717, 1.165) is 30.6 Å². The molecular weight excluding hydrogens is 277 g/mol. The first-order chi connectivity index (χ1) is 9.93. The zero-order chi connectivity index (χ0) is 15.0. The Bertz CT molecular complexity index is 497. The summed E-state index contributed by atoms with van der Waals surface area (Å²) in [4.78, 5) is 2.36. The lowest BCUT2D eigenvalue weighted by molar-refractivity contribution is -0.137. The minimum absolute atomic E-state index is 0.394. The fourth-order valence-corrected chi connectivity index (χ4v) is 3.21. The Labute approximate surface area is 123 Å². The maximum atomic E-state index is 12.8. The number of hydrogen-bond acceptors (Lipinski definition) is 2. The zero-order valence-corrected chi connectivity index (χ0v) is 12.2. The molecule has 1 saturated carbocycles. The fraction of sp³-hybridized carbons (Fsp3) is 0.625. The van der Waals surface area contributed by atoms with Crippen LogP contribution >= 0.6 is 0 Å². The highest BCUT2D eigenvalue weighted by Gasteiger charge is 2.38. The molecule has 1 aromatic rings. The molecule has 2 aliphatic rings. The zero-order valence-electron chi connectivity index (χ0n) is 12.2. The van der Waals surface area contributed by atoms with E-state index >= 15 is 0 Å². The average molecular weight is 298 g/mol. The van der Waals surface area contributed by atoms with Crippen molar-refractivity contribution in [1.82, 2.24) is 10.2 Å². The normalized spacial score (nSPS) is 27.8. The van der Waals surface area contributed by atoms with E-state index in [1.54, 1.807) is 6.07 Å². The highest BCUT2D eigenvalue weighted by atomic mass is 19.4. The van der Waals surface area contributed by atoms with E-state index in [0.29, 0.717) is 18.6 Å². The first-order valence-electron chi connectivity index (χ1n) is 7.57. The lowest BCUT2D eigenvalue weighted by atomic mass is 10.0. The van der Waals surface area contributed by atoms with Gasteiger partial charge in [-0.2, -0.15) is 13.2 Å². The van der Waals surface area contributed by atoms with Crippen molar-refractivity contribution in [3.8, 4) is 0 Å². The van der Waals surface area contributed by atoms with Crippen molar-refractivity contribution in [3.05, 3.63) is 35.4 Å². The van der Waals surface area contributed by atoms with E-state index in [-0.39, 0.29) is 0 Å². The Morgan fingerprint density at radius 2 is 2.05 bits per heavy atom. The van der Waals surface area contributed by atoms with Crippen LogP contribution in [0.3, 0.4) is 0 Å². The highest BCUT2D eigenvalue weighted by Crippen LogP contribution is 2.37. The van der Waals surface area contributed by atoms with Gasteiger partial charge in [-0.05, 0) is 37.3 Å². The smallest absolute Gasteiger partial charge is 0.311 e. The minimum Gasteiger partial charge on any atom is -0.311 e. The van der Waals surface area contributed by atoms with Crippen LogP contribution in [0, 0.1) is 5.92 Å². The van der Waals surface area contributed by atoms with Crippen LogP contribution in [0.2, 0.25) is 0 Å². The van der Waals surface area contributed by atoms with Gasteiger partial charge < -0.3 is 5.32 Å². The number of nitrogens with zero attached hydrogens (tertiary/aromatic N) is 1. The number of benzene rings is 1. The molecule has 21 heavy (non-hydrogen) atoms. The Kier molecular flexibility index (Phi) is 3.97. The van der Waals surface area contributed by atoms with Gasteiger partial charge in [-0.3, -0.25) is 4.90 Å². The monoisotopic (exact) mass is 298 g/mol. The van der Waals surface area contributed by atoms with E-state index in [2.05, 4.69) is 17.1 Å². The van der Waals surface area contributed by atoms with Gasteiger partial charge in [0.15, 0.2) is 0 Å². The molecule has 1 aromatic carbocycles. The van der Waals surface area contributed by atoms with Crippen LogP contribution in [0.5, 0.6) is 0 Å². The van der Waals surface area contributed by atoms with Gasteiger partial charge in [0.25, 0.3) is 0 Å². The number of piperazine rings is 1. The van der Waals surface area contributed by atoms with Crippen LogP contribution in [0.15, 0.2) is 24.3 Å². The number of rotatable bonds is 3. The molecule has 1 N–H and O–H groups in total. The third kappa shape index (κ3) is 3.58. The van der Waals surface area contributed by atoms with Gasteiger partial charge in [-0.25, -0.2) is 0 Å². The van der Waals surface area contributed by atoms with Crippen molar-refractivity contribution in [1.29, 1.82) is 0 Å². The molecule has 1 aliphatic heterocycles. The van der Waals surface area contributed by atoms with E-state index < -0.39 is 11.7 Å². The first-order valence-corrected chi connectivity index (χ1v) is 7.57. The third-order valence-electron chi connectivity index (χ3n) is 4.46. The molecule has 0 spiro atoms. The van der Waals surface area contributed by atoms with Gasteiger partial charge in [0.2, 0.25) is 0 Å². The molecule has 116 valence electrons. The standard InChI is InChI=1S/C16H21F3N2/c1-11-9-21(15(8-20-11)13-5-6-13)10-12-3-2-4-14(7-12)16(17,18)19/h2-4,7,11,13,15,20H,5-6,8-10H2,1H3. The molecule has 5 heteroatoms. The maximum Gasteiger partial charge on any atom is 0.416 e. The van der Waals surface area contributed by atoms with Crippen molar-refractivity contribution in [2.45, 2.75) is 44.6 Å². The summed E-state index contributed by atoms with van der Waals surface area (Å²) in [5.41, 5.74) is 0.204. The van der Waals surface area contributed by atoms with Gasteiger partial charge >= 0.3 is 6.18 Å². The molecule has 2 fully saturated rings. The van der Waals surface area contributed by atoms with E-state index in [1.807, 2.05) is 0 Å². The second-order valence-corrected chi connectivity index (χ2v) is 6.34.